The van der Waals surface area contributed by atoms with Crippen LogP contribution in [0, 0.1) is 0 Å². The fraction of sp³-hybridized carbons (Fsp3) is 0.167. The van der Waals surface area contributed by atoms with Crippen LogP contribution in [-0.2, 0) is 10.8 Å². The molecule has 0 atom stereocenters. The van der Waals surface area contributed by atoms with Gasteiger partial charge < -0.3 is 9.47 Å². The van der Waals surface area contributed by atoms with Gasteiger partial charge >= 0.3 is 0 Å². The quantitative estimate of drug-likeness (QED) is 0.111. The molecule has 0 aromatic heterocycles. The van der Waals surface area contributed by atoms with Crippen LogP contribution >= 0.6 is 63.7 Å². The lowest BCUT2D eigenvalue weighted by atomic mass is 9.31. The van der Waals surface area contributed by atoms with E-state index < -0.39 is 0 Å². The second-order valence-electron chi connectivity index (χ2n) is 18.1. The Labute approximate surface area is 360 Å². The Balaban J connectivity index is 1.35. The van der Waals surface area contributed by atoms with E-state index in [-0.39, 0.29) is 24.3 Å². The summed E-state index contributed by atoms with van der Waals surface area (Å²) >= 11 is 15.3. The van der Waals surface area contributed by atoms with E-state index in [0.29, 0.717) is 0 Å². The summed E-state index contributed by atoms with van der Waals surface area (Å²) in [4.78, 5) is 0. The lowest BCUT2D eigenvalue weighted by Crippen LogP contribution is -2.58. The number of hydrogen-bond donors (Lipinski definition) is 0. The molecule has 4 aliphatic rings. The van der Waals surface area contributed by atoms with Crippen molar-refractivity contribution >= 4 is 142 Å². The van der Waals surface area contributed by atoms with Crippen molar-refractivity contribution in [3.8, 4) is 45.3 Å². The zero-order chi connectivity index (χ0) is 38.5. The lowest BCUT2D eigenvalue weighted by Gasteiger charge is -2.39. The molecule has 8 aromatic rings. The first-order valence-electron chi connectivity index (χ1n) is 19.1. The highest BCUT2D eigenvalue weighted by Crippen LogP contribution is 2.51. The third kappa shape index (κ3) is 4.45. The van der Waals surface area contributed by atoms with E-state index in [1.165, 1.54) is 98.5 Å². The van der Waals surface area contributed by atoms with Gasteiger partial charge in [-0.1, -0.05) is 140 Å². The number of benzene rings is 8. The average Bonchev–Trinajstić information content (AvgIpc) is 3.12. The minimum Gasteiger partial charge on any atom is -0.458 e. The van der Waals surface area contributed by atoms with Crippen LogP contribution in [0.25, 0.3) is 54.6 Å². The van der Waals surface area contributed by atoms with Crippen LogP contribution in [0.2, 0.25) is 0 Å². The van der Waals surface area contributed by atoms with E-state index >= 15 is 0 Å². The molecule has 0 saturated carbocycles. The summed E-state index contributed by atoms with van der Waals surface area (Å²) in [7, 11) is 0. The van der Waals surface area contributed by atoms with Crippen molar-refractivity contribution in [2.45, 2.75) is 52.4 Å². The van der Waals surface area contributed by atoms with Crippen molar-refractivity contribution in [3.05, 3.63) is 114 Å². The second-order valence-corrected chi connectivity index (χ2v) is 21.8. The average molecular weight is 982 g/mol. The molecule has 8 aromatic carbocycles. The van der Waals surface area contributed by atoms with Crippen molar-refractivity contribution in [3.63, 3.8) is 0 Å². The Bertz CT molecular complexity index is 2960. The van der Waals surface area contributed by atoms with Gasteiger partial charge in [-0.3, -0.25) is 0 Å². The fourth-order valence-corrected chi connectivity index (χ4v) is 12.2. The van der Waals surface area contributed by atoms with Gasteiger partial charge in [0.1, 0.15) is 23.0 Å². The minimum absolute atomic E-state index is 0.0180. The first kappa shape index (κ1) is 34.5. The standard InChI is InChI=1S/C48H32B2Br4O2/c1-47(2,3)31-17-25-27-11-23(53)15-39-45(27)50(34-10-8-22(52)14-38(34)55-39)36-20-30-32(48(4,5)6)18-26-28-12-24(54)16-40-46(28)49(33-9-7-21(51)13-37(33)56-40)35-19-29(31)43(41(25)36)44(30)42(26)35/h7-20H,1-6H3. The summed E-state index contributed by atoms with van der Waals surface area (Å²) in [6.07, 6.45) is 0. The topological polar surface area (TPSA) is 18.5 Å². The van der Waals surface area contributed by atoms with Gasteiger partial charge in [0.15, 0.2) is 0 Å². The van der Waals surface area contributed by atoms with E-state index in [1.807, 2.05) is 0 Å². The van der Waals surface area contributed by atoms with E-state index in [1.54, 1.807) is 0 Å². The first-order valence-corrected chi connectivity index (χ1v) is 22.3. The number of fused-ring (bicyclic) bond motifs is 8. The smallest absolute Gasteiger partial charge is 0.252 e. The number of rotatable bonds is 0. The molecule has 12 rings (SSSR count). The highest BCUT2D eigenvalue weighted by atomic mass is 79.9. The SMILES string of the molecule is CC(C)(C)c1cc2c3c(cc4c(C(C)(C)C)cc5c6c(cc1c3c46)B1c3ccc(Br)cc3Oc3cc(Br)cc-5c31)B1c3ccc(Br)cc3Oc3cc(Br)cc-2c31. The van der Waals surface area contributed by atoms with E-state index in [2.05, 4.69) is 190 Å². The highest BCUT2D eigenvalue weighted by molar-refractivity contribution is 9.11. The monoisotopic (exact) mass is 978 g/mol. The molecule has 270 valence electrons. The third-order valence-electron chi connectivity index (χ3n) is 12.8. The minimum atomic E-state index is -0.138. The summed E-state index contributed by atoms with van der Waals surface area (Å²) in [5, 5.41) is 8.17. The van der Waals surface area contributed by atoms with Crippen LogP contribution in [-0.4, -0.2) is 13.4 Å². The molecule has 2 nitrogen and oxygen atoms in total. The Hall–Kier alpha value is -3.55. The molecular formula is C48H32B2Br4O2. The van der Waals surface area contributed by atoms with Gasteiger partial charge in [0.25, 0.3) is 13.4 Å². The Morgan fingerprint density at radius 1 is 0.393 bits per heavy atom. The van der Waals surface area contributed by atoms with Crippen molar-refractivity contribution in [1.82, 2.24) is 0 Å². The maximum atomic E-state index is 6.80. The van der Waals surface area contributed by atoms with Crippen LogP contribution in [0.4, 0.5) is 0 Å². The lowest BCUT2D eigenvalue weighted by molar-refractivity contribution is 0.486. The van der Waals surface area contributed by atoms with Gasteiger partial charge in [0.2, 0.25) is 0 Å². The predicted octanol–water partition coefficient (Wildman–Crippen LogP) is 11.4. The maximum absolute atomic E-state index is 6.80. The van der Waals surface area contributed by atoms with Gasteiger partial charge in [-0.25, -0.2) is 0 Å². The Morgan fingerprint density at radius 3 is 1.18 bits per heavy atom. The largest absolute Gasteiger partial charge is 0.458 e. The van der Waals surface area contributed by atoms with Crippen LogP contribution < -0.4 is 42.3 Å². The molecule has 0 unspecified atom stereocenters. The molecule has 0 spiro atoms. The molecule has 4 aliphatic heterocycles. The summed E-state index contributed by atoms with van der Waals surface area (Å²) in [5.74, 6) is 3.65. The molecule has 4 heterocycles. The van der Waals surface area contributed by atoms with Crippen molar-refractivity contribution < 1.29 is 9.47 Å². The summed E-state index contributed by atoms with van der Waals surface area (Å²) in [6.45, 7) is 14.3. The zero-order valence-electron chi connectivity index (χ0n) is 31.6. The van der Waals surface area contributed by atoms with Crippen LogP contribution in [0.5, 0.6) is 23.0 Å². The molecule has 0 bridgehead atoms. The van der Waals surface area contributed by atoms with Crippen molar-refractivity contribution in [2.75, 3.05) is 0 Å². The molecule has 8 heteroatoms. The van der Waals surface area contributed by atoms with E-state index in [9.17, 15) is 0 Å². The molecule has 0 radical (unpaired) electrons. The predicted molar refractivity (Wildman–Crippen MR) is 252 cm³/mol. The molecule has 0 N–H and O–H groups in total. The van der Waals surface area contributed by atoms with E-state index in [4.69, 9.17) is 9.47 Å². The normalized spacial score (nSPS) is 14.5. The van der Waals surface area contributed by atoms with Gasteiger partial charge in [-0.2, -0.15) is 0 Å². The van der Waals surface area contributed by atoms with Gasteiger partial charge in [-0.15, -0.1) is 0 Å². The molecule has 0 aliphatic carbocycles. The first-order chi connectivity index (χ1) is 26.7. The Kier molecular flexibility index (Phi) is 6.86. The van der Waals surface area contributed by atoms with Gasteiger partial charge in [-0.05, 0) is 159 Å². The van der Waals surface area contributed by atoms with Gasteiger partial charge in [0.05, 0.1) is 0 Å². The maximum Gasteiger partial charge on any atom is 0.252 e. The molecule has 56 heavy (non-hydrogen) atoms. The third-order valence-corrected chi connectivity index (χ3v) is 14.7. The molecular weight excluding hydrogens is 950 g/mol. The molecule has 0 saturated heterocycles. The highest BCUT2D eigenvalue weighted by Gasteiger charge is 2.45. The summed E-state index contributed by atoms with van der Waals surface area (Å²) in [5.41, 5.74) is 15.1. The van der Waals surface area contributed by atoms with Crippen molar-refractivity contribution in [1.29, 1.82) is 0 Å². The molecule has 0 amide bonds. The van der Waals surface area contributed by atoms with Gasteiger partial charge in [0, 0.05) is 17.9 Å². The number of hydrogen-bond acceptors (Lipinski definition) is 2. The summed E-state index contributed by atoms with van der Waals surface area (Å²) < 4.78 is 17.7. The van der Waals surface area contributed by atoms with Crippen LogP contribution in [0.15, 0.2) is 103 Å². The van der Waals surface area contributed by atoms with E-state index in [0.717, 1.165) is 40.9 Å². The zero-order valence-corrected chi connectivity index (χ0v) is 37.9. The fourth-order valence-electron chi connectivity index (χ4n) is 10.7. The van der Waals surface area contributed by atoms with Crippen molar-refractivity contribution in [2.24, 2.45) is 0 Å². The van der Waals surface area contributed by atoms with Crippen LogP contribution in [0.3, 0.4) is 0 Å². The number of ether oxygens (including phenoxy) is 2. The van der Waals surface area contributed by atoms with Crippen LogP contribution in [0.1, 0.15) is 52.7 Å². The summed E-state index contributed by atoms with van der Waals surface area (Å²) in [6, 6.07) is 32.3. The second kappa shape index (κ2) is 11.1. The number of halogens is 4. The Morgan fingerprint density at radius 2 is 0.786 bits per heavy atom. The molecule has 0 fully saturated rings.